The summed E-state index contributed by atoms with van der Waals surface area (Å²) in [6.07, 6.45) is 4.43. The van der Waals surface area contributed by atoms with E-state index in [0.29, 0.717) is 16.0 Å². The number of rotatable bonds is 4. The van der Waals surface area contributed by atoms with E-state index in [1.165, 1.54) is 23.7 Å². The van der Waals surface area contributed by atoms with E-state index in [4.69, 9.17) is 8.83 Å². The highest BCUT2D eigenvalue weighted by Gasteiger charge is 2.16. The van der Waals surface area contributed by atoms with Crippen LogP contribution in [0.15, 0.2) is 43.5 Å². The van der Waals surface area contributed by atoms with Crippen LogP contribution in [-0.4, -0.2) is 10.9 Å². The number of hydrogen-bond donors (Lipinski definition) is 1. The smallest absolute Gasteiger partial charge is 0.348 e. The van der Waals surface area contributed by atoms with E-state index >= 15 is 0 Å². The standard InChI is InChI=1S/C16H14N2O4S/c1-9-8-23-15-13(9)16(20)22-14(18-15)10(2)17-12(19)6-5-11-4-3-7-21-11/h3-8,10H,1-2H3,(H,17,19)/t10-/m0/s1. The Balaban J connectivity index is 1.76. The number of carbonyl (C=O) groups excluding carboxylic acids is 1. The predicted molar refractivity (Wildman–Crippen MR) is 87.2 cm³/mol. The number of amides is 1. The molecule has 0 aromatic carbocycles. The number of carbonyl (C=O) groups is 1. The molecule has 1 amide bonds. The second kappa shape index (κ2) is 6.21. The number of nitrogens with zero attached hydrogens (tertiary/aromatic N) is 1. The fourth-order valence-electron chi connectivity index (χ4n) is 2.08. The Labute approximate surface area is 135 Å². The third-order valence-corrected chi connectivity index (χ3v) is 4.23. The van der Waals surface area contributed by atoms with Gasteiger partial charge in [0.1, 0.15) is 16.6 Å². The third kappa shape index (κ3) is 3.24. The van der Waals surface area contributed by atoms with Crippen LogP contribution >= 0.6 is 11.3 Å². The van der Waals surface area contributed by atoms with Crippen LogP contribution in [0, 0.1) is 6.92 Å². The first-order valence-electron chi connectivity index (χ1n) is 6.95. The minimum absolute atomic E-state index is 0.184. The molecular formula is C16H14N2O4S. The molecule has 0 saturated heterocycles. The molecule has 0 aliphatic rings. The van der Waals surface area contributed by atoms with Crippen molar-refractivity contribution in [1.29, 1.82) is 0 Å². The highest BCUT2D eigenvalue weighted by Crippen LogP contribution is 2.22. The fraction of sp³-hybridized carbons (Fsp3) is 0.188. The number of thiophene rings is 1. The van der Waals surface area contributed by atoms with Crippen LogP contribution < -0.4 is 10.9 Å². The molecule has 118 valence electrons. The van der Waals surface area contributed by atoms with Gasteiger partial charge in [0.05, 0.1) is 11.6 Å². The van der Waals surface area contributed by atoms with E-state index in [0.717, 1.165) is 5.56 Å². The van der Waals surface area contributed by atoms with E-state index in [1.54, 1.807) is 25.1 Å². The van der Waals surface area contributed by atoms with E-state index in [9.17, 15) is 9.59 Å². The first-order chi connectivity index (χ1) is 11.0. The van der Waals surface area contributed by atoms with Crippen LogP contribution in [0.2, 0.25) is 0 Å². The summed E-state index contributed by atoms with van der Waals surface area (Å²) in [5.74, 6) is 0.429. The lowest BCUT2D eigenvalue weighted by molar-refractivity contribution is -0.117. The van der Waals surface area contributed by atoms with Crippen molar-refractivity contribution < 1.29 is 13.6 Å². The highest BCUT2D eigenvalue weighted by molar-refractivity contribution is 7.16. The summed E-state index contributed by atoms with van der Waals surface area (Å²) in [5.41, 5.74) is 0.409. The van der Waals surface area contributed by atoms with E-state index < -0.39 is 11.7 Å². The van der Waals surface area contributed by atoms with Gasteiger partial charge in [0, 0.05) is 6.08 Å². The van der Waals surface area contributed by atoms with Crippen LogP contribution in [0.25, 0.3) is 16.3 Å². The maximum Gasteiger partial charge on any atom is 0.348 e. The van der Waals surface area contributed by atoms with Crippen molar-refractivity contribution in [2.45, 2.75) is 19.9 Å². The number of aromatic nitrogens is 1. The Morgan fingerprint density at radius 1 is 1.48 bits per heavy atom. The average Bonchev–Trinajstić information content (AvgIpc) is 3.15. The zero-order valence-corrected chi connectivity index (χ0v) is 13.3. The molecular weight excluding hydrogens is 316 g/mol. The van der Waals surface area contributed by atoms with Crippen LogP contribution in [0.5, 0.6) is 0 Å². The number of furan rings is 1. The van der Waals surface area contributed by atoms with Crippen LogP contribution in [0.4, 0.5) is 0 Å². The zero-order valence-electron chi connectivity index (χ0n) is 12.5. The fourth-order valence-corrected chi connectivity index (χ4v) is 2.99. The summed E-state index contributed by atoms with van der Waals surface area (Å²) in [5, 5.41) is 5.05. The van der Waals surface area contributed by atoms with Gasteiger partial charge in [-0.3, -0.25) is 4.79 Å². The van der Waals surface area contributed by atoms with Gasteiger partial charge in [0.15, 0.2) is 0 Å². The molecule has 0 radical (unpaired) electrons. The lowest BCUT2D eigenvalue weighted by Gasteiger charge is -2.09. The maximum atomic E-state index is 12.0. The number of fused-ring (bicyclic) bond motifs is 1. The quantitative estimate of drug-likeness (QED) is 0.743. The third-order valence-electron chi connectivity index (χ3n) is 3.24. The molecule has 6 nitrogen and oxygen atoms in total. The summed E-state index contributed by atoms with van der Waals surface area (Å²) in [7, 11) is 0. The summed E-state index contributed by atoms with van der Waals surface area (Å²) in [6.45, 7) is 3.54. The molecule has 7 heteroatoms. The van der Waals surface area contributed by atoms with Gasteiger partial charge < -0.3 is 14.2 Å². The van der Waals surface area contributed by atoms with Crippen LogP contribution in [0.3, 0.4) is 0 Å². The number of nitrogens with one attached hydrogen (secondary N) is 1. The van der Waals surface area contributed by atoms with Crippen molar-refractivity contribution in [3.05, 3.63) is 57.5 Å². The lowest BCUT2D eigenvalue weighted by Crippen LogP contribution is -2.26. The molecule has 3 heterocycles. The monoisotopic (exact) mass is 330 g/mol. The Bertz CT molecular complexity index is 921. The van der Waals surface area contributed by atoms with Gasteiger partial charge in [-0.05, 0) is 43.0 Å². The van der Waals surface area contributed by atoms with Crippen molar-refractivity contribution in [3.63, 3.8) is 0 Å². The largest absolute Gasteiger partial charge is 0.465 e. The summed E-state index contributed by atoms with van der Waals surface area (Å²) >= 11 is 1.38. The normalized spacial score (nSPS) is 12.8. The van der Waals surface area contributed by atoms with Crippen molar-refractivity contribution >= 4 is 33.5 Å². The number of hydrogen-bond acceptors (Lipinski definition) is 6. The van der Waals surface area contributed by atoms with Gasteiger partial charge in [-0.1, -0.05) is 0 Å². The SMILES string of the molecule is Cc1csc2nc([C@H](C)NC(=O)C=Cc3ccco3)oc(=O)c12. The molecule has 0 aliphatic heterocycles. The summed E-state index contributed by atoms with van der Waals surface area (Å²) in [6, 6.07) is 2.95. The molecule has 0 aliphatic carbocycles. The molecule has 0 bridgehead atoms. The molecule has 0 spiro atoms. The van der Waals surface area contributed by atoms with Gasteiger partial charge in [-0.2, -0.15) is 0 Å². The second-order valence-electron chi connectivity index (χ2n) is 5.02. The maximum absolute atomic E-state index is 12.0. The van der Waals surface area contributed by atoms with Gasteiger partial charge in [0.2, 0.25) is 11.8 Å². The summed E-state index contributed by atoms with van der Waals surface area (Å²) < 4.78 is 10.3. The highest BCUT2D eigenvalue weighted by atomic mass is 32.1. The lowest BCUT2D eigenvalue weighted by atomic mass is 10.2. The van der Waals surface area contributed by atoms with E-state index in [2.05, 4.69) is 10.3 Å². The first kappa shape index (κ1) is 15.2. The Morgan fingerprint density at radius 2 is 2.30 bits per heavy atom. The molecule has 3 rings (SSSR count). The molecule has 0 fully saturated rings. The van der Waals surface area contributed by atoms with Crippen molar-refractivity contribution in [2.24, 2.45) is 0 Å². The van der Waals surface area contributed by atoms with Gasteiger partial charge >= 0.3 is 5.63 Å². The Kier molecular flexibility index (Phi) is 4.12. The Morgan fingerprint density at radius 3 is 3.04 bits per heavy atom. The van der Waals surface area contributed by atoms with Crippen molar-refractivity contribution in [2.75, 3.05) is 0 Å². The minimum Gasteiger partial charge on any atom is -0.465 e. The molecule has 1 atom stereocenters. The Hall–Kier alpha value is -2.67. The minimum atomic E-state index is -0.525. The predicted octanol–water partition coefficient (Wildman–Crippen LogP) is 3.04. The molecule has 23 heavy (non-hydrogen) atoms. The van der Waals surface area contributed by atoms with E-state index in [1.807, 2.05) is 12.3 Å². The topological polar surface area (TPSA) is 85.3 Å². The molecule has 0 saturated carbocycles. The van der Waals surface area contributed by atoms with Gasteiger partial charge in [-0.15, -0.1) is 11.3 Å². The molecule has 3 aromatic heterocycles. The van der Waals surface area contributed by atoms with Gasteiger partial charge in [-0.25, -0.2) is 9.78 Å². The summed E-state index contributed by atoms with van der Waals surface area (Å²) in [4.78, 5) is 28.8. The molecule has 0 unspecified atom stereocenters. The van der Waals surface area contributed by atoms with Crippen LogP contribution in [0.1, 0.15) is 30.2 Å². The average molecular weight is 330 g/mol. The second-order valence-corrected chi connectivity index (χ2v) is 5.88. The number of aryl methyl sites for hydroxylation is 1. The van der Waals surface area contributed by atoms with Gasteiger partial charge in [0.25, 0.3) is 0 Å². The van der Waals surface area contributed by atoms with Crippen molar-refractivity contribution in [3.8, 4) is 0 Å². The molecule has 3 aromatic rings. The van der Waals surface area contributed by atoms with Crippen molar-refractivity contribution in [1.82, 2.24) is 10.3 Å². The zero-order chi connectivity index (χ0) is 16.4. The molecule has 1 N–H and O–H groups in total. The van der Waals surface area contributed by atoms with Crippen LogP contribution in [-0.2, 0) is 4.79 Å². The first-order valence-corrected chi connectivity index (χ1v) is 7.83. The van der Waals surface area contributed by atoms with E-state index in [-0.39, 0.29) is 11.8 Å².